The maximum atomic E-state index is 3.88. The summed E-state index contributed by atoms with van der Waals surface area (Å²) in [4.78, 5) is 0. The van der Waals surface area contributed by atoms with Crippen LogP contribution in [0.5, 0.6) is 0 Å². The fraction of sp³-hybridized carbons (Fsp3) is 0.692. The van der Waals surface area contributed by atoms with Crippen LogP contribution < -0.4 is 5.32 Å². The highest BCUT2D eigenvalue weighted by Crippen LogP contribution is 2.30. The van der Waals surface area contributed by atoms with Gasteiger partial charge in [-0.25, -0.2) is 0 Å². The van der Waals surface area contributed by atoms with Gasteiger partial charge in [0.05, 0.1) is 0 Å². The summed E-state index contributed by atoms with van der Waals surface area (Å²) in [7, 11) is 0. The Morgan fingerprint density at radius 1 is 1.21 bits per heavy atom. The molecule has 0 radical (unpaired) electrons. The first-order valence-corrected chi connectivity index (χ1v) is 5.38. The number of hydrogen-bond acceptors (Lipinski definition) is 1. The van der Waals surface area contributed by atoms with Gasteiger partial charge in [0, 0.05) is 12.1 Å². The van der Waals surface area contributed by atoms with E-state index in [1.165, 1.54) is 0 Å². The lowest BCUT2D eigenvalue weighted by molar-refractivity contribution is 0.248. The molecule has 0 aromatic carbocycles. The molecule has 0 saturated carbocycles. The van der Waals surface area contributed by atoms with E-state index in [1.807, 2.05) is 12.2 Å². The molecule has 0 spiro atoms. The fourth-order valence-electron chi connectivity index (χ4n) is 1.71. The first-order valence-electron chi connectivity index (χ1n) is 5.38. The van der Waals surface area contributed by atoms with Crippen molar-refractivity contribution in [2.45, 2.75) is 46.1 Å². The molecule has 0 amide bonds. The zero-order valence-electron chi connectivity index (χ0n) is 10.2. The Balaban J connectivity index is 4.37. The van der Waals surface area contributed by atoms with Crippen molar-refractivity contribution in [2.24, 2.45) is 5.41 Å². The Hall–Kier alpha value is -0.560. The van der Waals surface area contributed by atoms with Crippen molar-refractivity contribution in [1.82, 2.24) is 5.32 Å². The second-order valence-electron chi connectivity index (χ2n) is 4.95. The fourth-order valence-corrected chi connectivity index (χ4v) is 1.71. The minimum absolute atomic E-state index is 0.186. The van der Waals surface area contributed by atoms with Crippen LogP contribution in [0.4, 0.5) is 0 Å². The van der Waals surface area contributed by atoms with Gasteiger partial charge in [-0.3, -0.25) is 0 Å². The molecule has 0 aliphatic carbocycles. The van der Waals surface area contributed by atoms with Crippen LogP contribution in [0.25, 0.3) is 0 Å². The quantitative estimate of drug-likeness (QED) is 0.613. The molecule has 82 valence electrons. The third-order valence-corrected chi connectivity index (χ3v) is 2.85. The van der Waals surface area contributed by atoms with E-state index in [9.17, 15) is 0 Å². The van der Waals surface area contributed by atoms with Gasteiger partial charge in [-0.05, 0) is 25.2 Å². The predicted molar refractivity (Wildman–Crippen MR) is 65.5 cm³/mol. The number of allylic oxidation sites excluding steroid dienone is 1. The molecule has 0 aliphatic heterocycles. The molecule has 0 aromatic heterocycles. The van der Waals surface area contributed by atoms with E-state index in [1.54, 1.807) is 0 Å². The molecule has 1 nitrogen and oxygen atoms in total. The average molecular weight is 195 g/mol. The minimum Gasteiger partial charge on any atom is -0.308 e. The molecule has 1 unspecified atom stereocenters. The van der Waals surface area contributed by atoms with Crippen LogP contribution in [-0.4, -0.2) is 12.1 Å². The maximum absolute atomic E-state index is 3.88. The van der Waals surface area contributed by atoms with E-state index in [0.29, 0.717) is 0 Å². The number of hydrogen-bond donors (Lipinski definition) is 1. The molecule has 0 heterocycles. The summed E-state index contributed by atoms with van der Waals surface area (Å²) in [6.45, 7) is 17.4. The third kappa shape index (κ3) is 4.61. The van der Waals surface area contributed by atoms with Crippen LogP contribution >= 0.6 is 0 Å². The Labute approximate surface area is 89.3 Å². The van der Waals surface area contributed by atoms with Gasteiger partial charge in [0.2, 0.25) is 0 Å². The molecule has 1 N–H and O–H groups in total. The Bertz CT molecular complexity index is 193. The summed E-state index contributed by atoms with van der Waals surface area (Å²) < 4.78 is 0. The van der Waals surface area contributed by atoms with E-state index >= 15 is 0 Å². The van der Waals surface area contributed by atoms with Crippen molar-refractivity contribution < 1.29 is 0 Å². The Morgan fingerprint density at radius 3 is 2.14 bits per heavy atom. The van der Waals surface area contributed by atoms with E-state index in [-0.39, 0.29) is 11.0 Å². The van der Waals surface area contributed by atoms with Crippen LogP contribution in [0, 0.1) is 5.41 Å². The van der Waals surface area contributed by atoms with Gasteiger partial charge in [-0.15, -0.1) is 13.2 Å². The molecule has 0 saturated heterocycles. The number of rotatable bonds is 7. The second-order valence-corrected chi connectivity index (χ2v) is 4.95. The monoisotopic (exact) mass is 195 g/mol. The van der Waals surface area contributed by atoms with Gasteiger partial charge in [-0.1, -0.05) is 32.9 Å². The highest BCUT2D eigenvalue weighted by molar-refractivity contribution is 4.96. The van der Waals surface area contributed by atoms with Gasteiger partial charge in [0.25, 0.3) is 0 Å². The number of nitrogens with one attached hydrogen (secondary N) is 1. The van der Waals surface area contributed by atoms with Crippen molar-refractivity contribution in [3.05, 3.63) is 25.3 Å². The first-order chi connectivity index (χ1) is 6.39. The molecule has 1 heteroatoms. The standard InChI is InChI=1S/C13H25N/c1-7-10-14-13(6,9-3)11-12(4,5)8-2/h7-8,14H,1-2,9-11H2,3-6H3. The lowest BCUT2D eigenvalue weighted by Gasteiger charge is -2.36. The van der Waals surface area contributed by atoms with Crippen molar-refractivity contribution in [2.75, 3.05) is 6.54 Å². The largest absolute Gasteiger partial charge is 0.308 e. The normalized spacial score (nSPS) is 16.0. The van der Waals surface area contributed by atoms with E-state index in [2.05, 4.69) is 46.2 Å². The molecular weight excluding hydrogens is 170 g/mol. The van der Waals surface area contributed by atoms with Crippen molar-refractivity contribution >= 4 is 0 Å². The zero-order chi connectivity index (χ0) is 11.2. The van der Waals surface area contributed by atoms with Crippen LogP contribution in [0.3, 0.4) is 0 Å². The molecule has 0 rings (SSSR count). The summed E-state index contributed by atoms with van der Waals surface area (Å²) in [5, 5.41) is 3.52. The van der Waals surface area contributed by atoms with E-state index in [0.717, 1.165) is 19.4 Å². The predicted octanol–water partition coefficient (Wildman–Crippen LogP) is 3.53. The van der Waals surface area contributed by atoms with Gasteiger partial charge in [-0.2, -0.15) is 0 Å². The smallest absolute Gasteiger partial charge is 0.0161 e. The lowest BCUT2D eigenvalue weighted by atomic mass is 9.78. The molecule has 0 aliphatic rings. The summed E-state index contributed by atoms with van der Waals surface area (Å²) in [5.41, 5.74) is 0.380. The SMILES string of the molecule is C=CCNC(C)(CC)CC(C)(C)C=C. The lowest BCUT2D eigenvalue weighted by Crippen LogP contribution is -2.44. The highest BCUT2D eigenvalue weighted by atomic mass is 15.0. The molecule has 0 aromatic rings. The van der Waals surface area contributed by atoms with Gasteiger partial charge in [0.15, 0.2) is 0 Å². The van der Waals surface area contributed by atoms with E-state index < -0.39 is 0 Å². The van der Waals surface area contributed by atoms with Crippen LogP contribution in [0.1, 0.15) is 40.5 Å². The van der Waals surface area contributed by atoms with Crippen molar-refractivity contribution in [3.63, 3.8) is 0 Å². The Morgan fingerprint density at radius 2 is 1.79 bits per heavy atom. The zero-order valence-corrected chi connectivity index (χ0v) is 10.2. The topological polar surface area (TPSA) is 12.0 Å². The van der Waals surface area contributed by atoms with Gasteiger partial charge >= 0.3 is 0 Å². The molecule has 0 fully saturated rings. The van der Waals surface area contributed by atoms with Crippen molar-refractivity contribution in [1.29, 1.82) is 0 Å². The molecular formula is C13H25N. The average Bonchev–Trinajstić information content (AvgIpc) is 2.14. The van der Waals surface area contributed by atoms with Crippen LogP contribution in [0.2, 0.25) is 0 Å². The second kappa shape index (κ2) is 5.35. The van der Waals surface area contributed by atoms with E-state index in [4.69, 9.17) is 0 Å². The molecule has 1 atom stereocenters. The molecule has 0 bridgehead atoms. The van der Waals surface area contributed by atoms with Crippen molar-refractivity contribution in [3.8, 4) is 0 Å². The van der Waals surface area contributed by atoms with Gasteiger partial charge in [0.1, 0.15) is 0 Å². The summed E-state index contributed by atoms with van der Waals surface area (Å²) in [5.74, 6) is 0. The first kappa shape index (κ1) is 13.4. The van der Waals surface area contributed by atoms with Gasteiger partial charge < -0.3 is 5.32 Å². The van der Waals surface area contributed by atoms with Crippen LogP contribution in [0.15, 0.2) is 25.3 Å². The Kier molecular flexibility index (Phi) is 5.14. The van der Waals surface area contributed by atoms with Crippen LogP contribution in [-0.2, 0) is 0 Å². The highest BCUT2D eigenvalue weighted by Gasteiger charge is 2.28. The maximum Gasteiger partial charge on any atom is 0.0161 e. The third-order valence-electron chi connectivity index (χ3n) is 2.85. The summed E-state index contributed by atoms with van der Waals surface area (Å²) >= 11 is 0. The minimum atomic E-state index is 0.186. The summed E-state index contributed by atoms with van der Waals surface area (Å²) in [6.07, 6.45) is 6.18. The summed E-state index contributed by atoms with van der Waals surface area (Å²) in [6, 6.07) is 0. The molecule has 14 heavy (non-hydrogen) atoms.